The van der Waals surface area contributed by atoms with Gasteiger partial charge < -0.3 is 0 Å². The fraction of sp³-hybridized carbons (Fsp3) is 0.471. The minimum Gasteiger partial charge on any atom is -0.299 e. The Morgan fingerprint density at radius 1 is 1.24 bits per heavy atom. The molecule has 2 aromatic rings. The van der Waals surface area contributed by atoms with Crippen LogP contribution in [0.1, 0.15) is 44.5 Å². The minimum absolute atomic E-state index is 0.0711. The van der Waals surface area contributed by atoms with Crippen LogP contribution in [0.15, 0.2) is 36.7 Å². The summed E-state index contributed by atoms with van der Waals surface area (Å²) in [5.74, 6) is 1.22. The zero-order valence-corrected chi connectivity index (χ0v) is 13.0. The molecule has 0 saturated heterocycles. The van der Waals surface area contributed by atoms with E-state index in [1.807, 2.05) is 37.3 Å². The molecule has 112 valence electrons. The average Bonchev–Trinajstić information content (AvgIpc) is 2.95. The molecule has 0 aliphatic carbocycles. The van der Waals surface area contributed by atoms with E-state index in [0.717, 1.165) is 24.4 Å². The minimum atomic E-state index is -0.0711. The maximum atomic E-state index is 12.8. The van der Waals surface area contributed by atoms with Crippen LogP contribution < -0.4 is 0 Å². The molecule has 0 spiro atoms. The molecule has 2 rings (SSSR count). The molecule has 0 N–H and O–H groups in total. The summed E-state index contributed by atoms with van der Waals surface area (Å²) in [6.45, 7) is 7.01. The Hall–Kier alpha value is -1.97. The quantitative estimate of drug-likeness (QED) is 0.784. The van der Waals surface area contributed by atoms with Gasteiger partial charge in [0, 0.05) is 12.5 Å². The van der Waals surface area contributed by atoms with Crippen molar-refractivity contribution >= 4 is 5.78 Å². The molecule has 0 radical (unpaired) electrons. The largest absolute Gasteiger partial charge is 0.299 e. The molecule has 1 aromatic heterocycles. The molecular weight excluding hydrogens is 262 g/mol. The van der Waals surface area contributed by atoms with E-state index in [-0.39, 0.29) is 11.7 Å². The number of ketones is 1. The second-order valence-electron chi connectivity index (χ2n) is 5.41. The monoisotopic (exact) mass is 285 g/mol. The lowest BCUT2D eigenvalue weighted by molar-refractivity contribution is -0.121. The zero-order chi connectivity index (χ0) is 15.2. The van der Waals surface area contributed by atoms with Crippen molar-refractivity contribution in [3.05, 3.63) is 48.0 Å². The molecule has 0 bridgehead atoms. The van der Waals surface area contributed by atoms with E-state index in [2.05, 4.69) is 23.9 Å². The highest BCUT2D eigenvalue weighted by atomic mass is 16.1. The van der Waals surface area contributed by atoms with Gasteiger partial charge in [0.25, 0.3) is 0 Å². The summed E-state index contributed by atoms with van der Waals surface area (Å²) in [5, 5.41) is 4.14. The number of carbonyl (C=O) groups excluding carboxylic acids is 1. The van der Waals surface area contributed by atoms with E-state index in [1.165, 1.54) is 6.33 Å². The Bertz CT molecular complexity index is 577. The van der Waals surface area contributed by atoms with Gasteiger partial charge in [0.05, 0.1) is 6.42 Å². The number of hydrogen-bond acceptors (Lipinski definition) is 3. The number of nitrogens with zero attached hydrogens (tertiary/aromatic N) is 3. The van der Waals surface area contributed by atoms with Crippen molar-refractivity contribution in [2.75, 3.05) is 0 Å². The number of aromatic nitrogens is 3. The predicted molar refractivity (Wildman–Crippen MR) is 83.0 cm³/mol. The summed E-state index contributed by atoms with van der Waals surface area (Å²) in [6.07, 6.45) is 2.84. The van der Waals surface area contributed by atoms with Crippen molar-refractivity contribution in [1.82, 2.24) is 14.8 Å². The first kappa shape index (κ1) is 15.4. The van der Waals surface area contributed by atoms with Crippen LogP contribution >= 0.6 is 0 Å². The molecule has 2 unspecified atom stereocenters. The standard InChI is InChI=1S/C17H23N3O/c1-4-13(3)17(14-9-7-6-8-10-14)15(21)11-16-18-12-19-20(16)5-2/h6-10,12-13,17H,4-5,11H2,1-3H3. The highest BCUT2D eigenvalue weighted by molar-refractivity contribution is 5.87. The molecule has 2 atom stereocenters. The molecule has 0 aliphatic rings. The third-order valence-corrected chi connectivity index (χ3v) is 4.05. The number of benzene rings is 1. The van der Waals surface area contributed by atoms with Gasteiger partial charge in [-0.05, 0) is 18.4 Å². The van der Waals surface area contributed by atoms with Gasteiger partial charge in [-0.15, -0.1) is 0 Å². The smallest absolute Gasteiger partial charge is 0.148 e. The molecule has 4 heteroatoms. The van der Waals surface area contributed by atoms with Crippen LogP contribution in [0.2, 0.25) is 0 Å². The third-order valence-electron chi connectivity index (χ3n) is 4.05. The SMILES string of the molecule is CCC(C)C(C(=O)Cc1ncnn1CC)c1ccccc1. The second kappa shape index (κ2) is 7.16. The molecule has 0 fully saturated rings. The summed E-state index contributed by atoms with van der Waals surface area (Å²) in [6, 6.07) is 10.0. The summed E-state index contributed by atoms with van der Waals surface area (Å²) in [7, 11) is 0. The normalized spacial score (nSPS) is 13.9. The number of aryl methyl sites for hydroxylation is 1. The van der Waals surface area contributed by atoms with Gasteiger partial charge in [-0.2, -0.15) is 5.10 Å². The number of carbonyl (C=O) groups is 1. The molecule has 21 heavy (non-hydrogen) atoms. The second-order valence-corrected chi connectivity index (χ2v) is 5.41. The maximum Gasteiger partial charge on any atom is 0.148 e. The van der Waals surface area contributed by atoms with Crippen molar-refractivity contribution in [3.8, 4) is 0 Å². The number of rotatable bonds is 7. The molecule has 1 heterocycles. The van der Waals surface area contributed by atoms with Crippen molar-refractivity contribution in [2.45, 2.75) is 46.1 Å². The van der Waals surface area contributed by atoms with Gasteiger partial charge in [-0.1, -0.05) is 50.6 Å². The van der Waals surface area contributed by atoms with E-state index in [9.17, 15) is 4.79 Å². The Labute approximate surface area is 126 Å². The van der Waals surface area contributed by atoms with Crippen molar-refractivity contribution in [2.24, 2.45) is 5.92 Å². The van der Waals surface area contributed by atoms with Crippen molar-refractivity contribution in [1.29, 1.82) is 0 Å². The van der Waals surface area contributed by atoms with E-state index in [0.29, 0.717) is 12.3 Å². The Kier molecular flexibility index (Phi) is 5.26. The average molecular weight is 285 g/mol. The van der Waals surface area contributed by atoms with Gasteiger partial charge in [-0.25, -0.2) is 9.67 Å². The van der Waals surface area contributed by atoms with E-state index in [1.54, 1.807) is 4.68 Å². The molecule has 0 amide bonds. The van der Waals surface area contributed by atoms with Crippen LogP contribution in [0, 0.1) is 5.92 Å². The van der Waals surface area contributed by atoms with E-state index in [4.69, 9.17) is 0 Å². The first-order valence-corrected chi connectivity index (χ1v) is 7.61. The summed E-state index contributed by atoms with van der Waals surface area (Å²) >= 11 is 0. The molecule has 4 nitrogen and oxygen atoms in total. The fourth-order valence-electron chi connectivity index (χ4n) is 2.68. The third kappa shape index (κ3) is 3.57. The maximum absolute atomic E-state index is 12.8. The van der Waals surface area contributed by atoms with Crippen LogP contribution in [0.4, 0.5) is 0 Å². The van der Waals surface area contributed by atoms with Gasteiger partial charge in [0.2, 0.25) is 0 Å². The summed E-state index contributed by atoms with van der Waals surface area (Å²) in [4.78, 5) is 17.0. The Morgan fingerprint density at radius 2 is 1.95 bits per heavy atom. The zero-order valence-electron chi connectivity index (χ0n) is 13.0. The Morgan fingerprint density at radius 3 is 2.57 bits per heavy atom. The first-order valence-electron chi connectivity index (χ1n) is 7.61. The molecule has 0 aliphatic heterocycles. The van der Waals surface area contributed by atoms with Gasteiger partial charge in [0.15, 0.2) is 0 Å². The van der Waals surface area contributed by atoms with E-state index < -0.39 is 0 Å². The van der Waals surface area contributed by atoms with Gasteiger partial charge in [0.1, 0.15) is 17.9 Å². The molecule has 1 aromatic carbocycles. The highest BCUT2D eigenvalue weighted by Gasteiger charge is 2.26. The fourth-order valence-corrected chi connectivity index (χ4v) is 2.68. The topological polar surface area (TPSA) is 47.8 Å². The van der Waals surface area contributed by atoms with Crippen LogP contribution in [-0.4, -0.2) is 20.5 Å². The van der Waals surface area contributed by atoms with Crippen LogP contribution in [0.25, 0.3) is 0 Å². The lowest BCUT2D eigenvalue weighted by Gasteiger charge is -2.22. The van der Waals surface area contributed by atoms with Crippen LogP contribution in [-0.2, 0) is 17.8 Å². The molecular formula is C17H23N3O. The van der Waals surface area contributed by atoms with Crippen molar-refractivity contribution in [3.63, 3.8) is 0 Å². The number of Topliss-reactive ketones (excluding diaryl/α,β-unsaturated/α-hetero) is 1. The number of hydrogen-bond donors (Lipinski definition) is 0. The van der Waals surface area contributed by atoms with Crippen molar-refractivity contribution < 1.29 is 4.79 Å². The molecule has 0 saturated carbocycles. The first-order chi connectivity index (χ1) is 10.2. The van der Waals surface area contributed by atoms with E-state index >= 15 is 0 Å². The van der Waals surface area contributed by atoms with Gasteiger partial charge in [-0.3, -0.25) is 4.79 Å². The Balaban J connectivity index is 2.23. The predicted octanol–water partition coefficient (Wildman–Crippen LogP) is 3.24. The summed E-state index contributed by atoms with van der Waals surface area (Å²) < 4.78 is 1.79. The van der Waals surface area contributed by atoms with Crippen LogP contribution in [0.3, 0.4) is 0 Å². The van der Waals surface area contributed by atoms with Gasteiger partial charge >= 0.3 is 0 Å². The summed E-state index contributed by atoms with van der Waals surface area (Å²) in [5.41, 5.74) is 1.10. The lowest BCUT2D eigenvalue weighted by atomic mass is 9.81. The highest BCUT2D eigenvalue weighted by Crippen LogP contribution is 2.28. The lowest BCUT2D eigenvalue weighted by Crippen LogP contribution is -2.23. The van der Waals surface area contributed by atoms with Crippen LogP contribution in [0.5, 0.6) is 0 Å².